The van der Waals surface area contributed by atoms with Gasteiger partial charge in [-0.3, -0.25) is 16.0 Å². The summed E-state index contributed by atoms with van der Waals surface area (Å²) in [7, 11) is 2.48. The molecule has 0 aromatic rings. The van der Waals surface area contributed by atoms with Crippen molar-refractivity contribution in [2.75, 3.05) is 41.0 Å². The summed E-state index contributed by atoms with van der Waals surface area (Å²) < 4.78 is 17.1. The summed E-state index contributed by atoms with van der Waals surface area (Å²) in [6, 6.07) is 0.766. The van der Waals surface area contributed by atoms with Gasteiger partial charge in [0.15, 0.2) is 0 Å². The fourth-order valence-corrected chi connectivity index (χ4v) is 5.70. The van der Waals surface area contributed by atoms with Gasteiger partial charge in [-0.05, 0) is 45.3 Å². The van der Waals surface area contributed by atoms with Crippen LogP contribution in [-0.2, 0) is 13.3 Å². The van der Waals surface area contributed by atoms with E-state index < -0.39 is 8.80 Å². The lowest BCUT2D eigenvalue weighted by atomic mass is 10.1. The molecule has 3 N–H and O–H groups in total. The first-order valence-electron chi connectivity index (χ1n) is 13.0. The zero-order valence-electron chi connectivity index (χ0n) is 21.7. The van der Waals surface area contributed by atoms with Crippen LogP contribution in [0.4, 0.5) is 0 Å². The van der Waals surface area contributed by atoms with Crippen molar-refractivity contribution in [3.05, 3.63) is 0 Å². The Morgan fingerprint density at radius 1 is 0.548 bits per heavy atom. The van der Waals surface area contributed by atoms with Crippen molar-refractivity contribution < 1.29 is 13.3 Å². The molecular formula is C24H55N3O3Si. The van der Waals surface area contributed by atoms with E-state index in [2.05, 4.69) is 36.7 Å². The van der Waals surface area contributed by atoms with Crippen LogP contribution in [0.25, 0.3) is 0 Å². The van der Waals surface area contributed by atoms with Crippen LogP contribution in [0.5, 0.6) is 0 Å². The number of nitrogens with one attached hydrogen (secondary N) is 3. The van der Waals surface area contributed by atoms with Crippen molar-refractivity contribution >= 4 is 8.80 Å². The molecule has 0 heterocycles. The lowest BCUT2D eigenvalue weighted by Gasteiger charge is -2.39. The van der Waals surface area contributed by atoms with Gasteiger partial charge in [0.1, 0.15) is 5.79 Å². The van der Waals surface area contributed by atoms with E-state index in [4.69, 9.17) is 13.3 Å². The Balaban J connectivity index is 5.16. The topological polar surface area (TPSA) is 63.8 Å². The summed E-state index contributed by atoms with van der Waals surface area (Å²) in [5.41, 5.74) is 0. The molecule has 6 nitrogen and oxygen atoms in total. The predicted molar refractivity (Wildman–Crippen MR) is 135 cm³/mol. The molecule has 0 aliphatic rings. The van der Waals surface area contributed by atoms with E-state index in [0.29, 0.717) is 0 Å². The number of hydrogen-bond acceptors (Lipinski definition) is 6. The normalized spacial score (nSPS) is 12.6. The Morgan fingerprint density at radius 2 is 0.903 bits per heavy atom. The van der Waals surface area contributed by atoms with E-state index in [-0.39, 0.29) is 5.79 Å². The van der Waals surface area contributed by atoms with Crippen LogP contribution >= 0.6 is 0 Å². The molecule has 0 aromatic carbocycles. The summed E-state index contributed by atoms with van der Waals surface area (Å²) in [4.78, 5) is 0. The molecule has 0 unspecified atom stereocenters. The number of hydrogen-bond donors (Lipinski definition) is 3. The van der Waals surface area contributed by atoms with Gasteiger partial charge in [-0.2, -0.15) is 0 Å². The first-order chi connectivity index (χ1) is 15.1. The summed E-state index contributed by atoms with van der Waals surface area (Å²) in [6.45, 7) is 9.80. The Bertz CT molecular complexity index is 341. The molecule has 7 heteroatoms. The second-order valence-electron chi connectivity index (χ2n) is 8.66. The molecule has 0 saturated heterocycles. The van der Waals surface area contributed by atoms with Gasteiger partial charge in [0.25, 0.3) is 0 Å². The minimum atomic E-state index is -2.63. The van der Waals surface area contributed by atoms with Crippen LogP contribution in [0.15, 0.2) is 0 Å². The van der Waals surface area contributed by atoms with Gasteiger partial charge in [-0.15, -0.1) is 0 Å². The summed E-state index contributed by atoms with van der Waals surface area (Å²) in [5.74, 6) is -0.307. The summed E-state index contributed by atoms with van der Waals surface area (Å²) in [5, 5.41) is 11.6. The van der Waals surface area contributed by atoms with Gasteiger partial charge in [-0.25, -0.2) is 0 Å². The van der Waals surface area contributed by atoms with Crippen LogP contribution in [0.2, 0.25) is 6.04 Å². The number of rotatable bonds is 24. The highest BCUT2D eigenvalue weighted by molar-refractivity contribution is 6.60. The first kappa shape index (κ1) is 31.0. The second kappa shape index (κ2) is 20.6. The third-order valence-corrected chi connectivity index (χ3v) is 8.84. The van der Waals surface area contributed by atoms with E-state index in [1.54, 1.807) is 21.3 Å². The molecule has 0 saturated carbocycles. The van der Waals surface area contributed by atoms with Gasteiger partial charge in [0.2, 0.25) is 0 Å². The largest absolute Gasteiger partial charge is 0.500 e. The minimum Gasteiger partial charge on any atom is -0.377 e. The molecule has 188 valence electrons. The Kier molecular flexibility index (Phi) is 20.6. The maximum absolute atomic E-state index is 5.72. The molecule has 0 spiro atoms. The first-order valence-corrected chi connectivity index (χ1v) is 14.9. The van der Waals surface area contributed by atoms with Crippen LogP contribution in [-0.4, -0.2) is 55.6 Å². The average molecular weight is 462 g/mol. The fourth-order valence-electron chi connectivity index (χ4n) is 3.91. The van der Waals surface area contributed by atoms with Crippen molar-refractivity contribution in [2.24, 2.45) is 0 Å². The van der Waals surface area contributed by atoms with Crippen molar-refractivity contribution in [1.29, 1.82) is 0 Å². The zero-order chi connectivity index (χ0) is 23.3. The Hall–Kier alpha value is -0.0231. The molecule has 0 fully saturated rings. The summed E-state index contributed by atoms with van der Waals surface area (Å²) in [6.07, 6.45) is 16.0. The highest BCUT2D eigenvalue weighted by Gasteiger charge is 2.41. The van der Waals surface area contributed by atoms with Crippen molar-refractivity contribution in [2.45, 2.75) is 116 Å². The molecule has 0 amide bonds. The molecule has 0 aliphatic heterocycles. The molecule has 0 atom stereocenters. The molecular weight excluding hydrogens is 406 g/mol. The van der Waals surface area contributed by atoms with E-state index >= 15 is 0 Å². The molecule has 0 aromatic heterocycles. The van der Waals surface area contributed by atoms with E-state index in [1.807, 2.05) is 0 Å². The SMILES string of the molecule is CCCCCCNC(CC[Si](OC)(OC)OC)(NCCCCCC)NCCCCCC. The maximum atomic E-state index is 5.72. The average Bonchev–Trinajstić information content (AvgIpc) is 2.80. The Morgan fingerprint density at radius 3 is 1.19 bits per heavy atom. The van der Waals surface area contributed by atoms with Crippen LogP contribution in [0, 0.1) is 0 Å². The van der Waals surface area contributed by atoms with Gasteiger partial charge in [0, 0.05) is 27.4 Å². The quantitative estimate of drug-likeness (QED) is 0.101. The lowest BCUT2D eigenvalue weighted by molar-refractivity contribution is 0.111. The molecule has 0 aliphatic carbocycles. The standard InChI is InChI=1S/C24H55N3O3Si/c1-7-10-13-16-20-25-24(26-21-17-14-11-8-2,27-22-18-15-12-9-3)19-23-31(28-4,29-5)30-6/h25-27H,7-23H2,1-6H3. The third-order valence-electron chi connectivity index (χ3n) is 6.11. The van der Waals surface area contributed by atoms with E-state index in [9.17, 15) is 0 Å². The fraction of sp³-hybridized carbons (Fsp3) is 1.00. The molecule has 0 rings (SSSR count). The monoisotopic (exact) mass is 461 g/mol. The number of unbranched alkanes of at least 4 members (excludes halogenated alkanes) is 9. The zero-order valence-corrected chi connectivity index (χ0v) is 22.7. The highest BCUT2D eigenvalue weighted by Crippen LogP contribution is 2.20. The van der Waals surface area contributed by atoms with Gasteiger partial charge < -0.3 is 13.3 Å². The van der Waals surface area contributed by atoms with Crippen molar-refractivity contribution in [3.63, 3.8) is 0 Å². The predicted octanol–water partition coefficient (Wildman–Crippen LogP) is 5.42. The van der Waals surface area contributed by atoms with Gasteiger partial charge in [0.05, 0.1) is 0 Å². The molecule has 0 bridgehead atoms. The van der Waals surface area contributed by atoms with E-state index in [0.717, 1.165) is 32.1 Å². The van der Waals surface area contributed by atoms with Crippen molar-refractivity contribution in [1.82, 2.24) is 16.0 Å². The van der Waals surface area contributed by atoms with Crippen LogP contribution < -0.4 is 16.0 Å². The molecule has 0 radical (unpaired) electrons. The van der Waals surface area contributed by atoms with Crippen LogP contribution in [0.1, 0.15) is 104 Å². The molecule has 31 heavy (non-hydrogen) atoms. The van der Waals surface area contributed by atoms with E-state index in [1.165, 1.54) is 77.0 Å². The van der Waals surface area contributed by atoms with Crippen LogP contribution in [0.3, 0.4) is 0 Å². The van der Waals surface area contributed by atoms with Gasteiger partial charge >= 0.3 is 8.80 Å². The summed E-state index contributed by atoms with van der Waals surface area (Å²) >= 11 is 0. The highest BCUT2D eigenvalue weighted by atomic mass is 28.4. The minimum absolute atomic E-state index is 0.307. The van der Waals surface area contributed by atoms with Crippen molar-refractivity contribution in [3.8, 4) is 0 Å². The maximum Gasteiger partial charge on any atom is 0.500 e. The van der Waals surface area contributed by atoms with Gasteiger partial charge in [-0.1, -0.05) is 78.6 Å². The second-order valence-corrected chi connectivity index (χ2v) is 11.8. The smallest absolute Gasteiger partial charge is 0.377 e. The lowest BCUT2D eigenvalue weighted by Crippen LogP contribution is -2.67. The Labute approximate surface area is 195 Å². The third kappa shape index (κ3) is 14.7.